The summed E-state index contributed by atoms with van der Waals surface area (Å²) in [6, 6.07) is 0. The number of hydrogen-bond donors (Lipinski definition) is 3. The first-order chi connectivity index (χ1) is 42.0. The Balaban J connectivity index is 5.22. The van der Waals surface area contributed by atoms with E-state index in [1.165, 1.54) is 167 Å². The number of esters is 4. The molecular weight excluding hydrogens is 1150 g/mol. The summed E-state index contributed by atoms with van der Waals surface area (Å²) in [5, 5.41) is 10.6. The second-order valence-electron chi connectivity index (χ2n) is 25.0. The molecule has 516 valence electrons. The van der Waals surface area contributed by atoms with E-state index < -0.39 is 97.5 Å². The van der Waals surface area contributed by atoms with Crippen LogP contribution in [0.3, 0.4) is 0 Å². The molecule has 0 aliphatic rings. The summed E-state index contributed by atoms with van der Waals surface area (Å²) in [6.07, 6.45) is 47.2. The van der Waals surface area contributed by atoms with Crippen molar-refractivity contribution in [2.45, 2.75) is 368 Å². The quantitative estimate of drug-likeness (QED) is 0.0222. The Morgan fingerprint density at radius 2 is 0.529 bits per heavy atom. The smallest absolute Gasteiger partial charge is 0.462 e. The monoisotopic (exact) mass is 1280 g/mol. The van der Waals surface area contributed by atoms with Crippen LogP contribution in [0.25, 0.3) is 0 Å². The predicted molar refractivity (Wildman–Crippen MR) is 349 cm³/mol. The Hall–Kier alpha value is -1.94. The van der Waals surface area contributed by atoms with Gasteiger partial charge in [0.05, 0.1) is 26.4 Å². The predicted octanol–water partition coefficient (Wildman–Crippen LogP) is 19.4. The first-order valence-electron chi connectivity index (χ1n) is 35.6. The largest absolute Gasteiger partial charge is 0.472 e. The van der Waals surface area contributed by atoms with Crippen LogP contribution in [0.5, 0.6) is 0 Å². The van der Waals surface area contributed by atoms with Gasteiger partial charge in [-0.05, 0) is 31.6 Å². The molecular formula is C68H132O17P2. The van der Waals surface area contributed by atoms with Crippen LogP contribution in [0.4, 0.5) is 0 Å². The van der Waals surface area contributed by atoms with Crippen LogP contribution in [0, 0.1) is 5.92 Å². The Morgan fingerprint density at radius 1 is 0.310 bits per heavy atom. The highest BCUT2D eigenvalue weighted by Crippen LogP contribution is 2.45. The van der Waals surface area contributed by atoms with Crippen LogP contribution in [0.1, 0.15) is 349 Å². The lowest BCUT2D eigenvalue weighted by atomic mass is 10.0. The molecule has 0 aliphatic carbocycles. The summed E-state index contributed by atoms with van der Waals surface area (Å²) in [5.41, 5.74) is 0. The van der Waals surface area contributed by atoms with Crippen molar-refractivity contribution in [1.82, 2.24) is 0 Å². The highest BCUT2D eigenvalue weighted by Gasteiger charge is 2.30. The Labute approximate surface area is 530 Å². The zero-order chi connectivity index (χ0) is 64.2. The first-order valence-corrected chi connectivity index (χ1v) is 38.6. The van der Waals surface area contributed by atoms with Crippen molar-refractivity contribution < 1.29 is 80.2 Å². The topological polar surface area (TPSA) is 237 Å². The summed E-state index contributed by atoms with van der Waals surface area (Å²) in [5.74, 6) is -1.41. The van der Waals surface area contributed by atoms with E-state index in [-0.39, 0.29) is 25.7 Å². The van der Waals surface area contributed by atoms with Gasteiger partial charge >= 0.3 is 39.5 Å². The third-order valence-corrected chi connectivity index (χ3v) is 17.7. The van der Waals surface area contributed by atoms with Gasteiger partial charge in [-0.15, -0.1) is 0 Å². The minimum Gasteiger partial charge on any atom is -0.462 e. The van der Waals surface area contributed by atoms with Crippen LogP contribution < -0.4 is 0 Å². The summed E-state index contributed by atoms with van der Waals surface area (Å²) >= 11 is 0. The molecule has 19 heteroatoms. The molecule has 2 unspecified atom stereocenters. The Morgan fingerprint density at radius 3 is 0.782 bits per heavy atom. The van der Waals surface area contributed by atoms with E-state index in [1.807, 2.05) is 0 Å². The average Bonchev–Trinajstić information content (AvgIpc) is 3.59. The molecule has 17 nitrogen and oxygen atoms in total. The van der Waals surface area contributed by atoms with E-state index in [2.05, 4.69) is 34.6 Å². The minimum absolute atomic E-state index is 0.105. The number of carbonyl (C=O) groups excluding carboxylic acids is 4. The van der Waals surface area contributed by atoms with Gasteiger partial charge in [-0.25, -0.2) is 9.13 Å². The fourth-order valence-electron chi connectivity index (χ4n) is 10.3. The van der Waals surface area contributed by atoms with Crippen molar-refractivity contribution in [3.63, 3.8) is 0 Å². The molecule has 87 heavy (non-hydrogen) atoms. The van der Waals surface area contributed by atoms with E-state index in [1.54, 1.807) is 0 Å². The standard InChI is InChI=1S/C68H132O17P2/c1-6-9-12-15-18-21-23-25-26-28-30-32-38-43-48-53-67(72)84-64(58-79-66(71)52-47-42-37-31-29-27-24-22-19-16-13-10-7-2)60-83-87(76,77)81-56-62(69)55-80-86(74,75)82-59-63(57-78-65(70)51-46-41-36-20-17-14-11-8-3)85-68(73)54-49-44-39-34-33-35-40-45-50-61(4)5/h61-64,69H,6-60H2,1-5H3,(H,74,75)(H,76,77)/t62-,63+,64+/m0/s1. The van der Waals surface area contributed by atoms with Crippen LogP contribution in [-0.2, 0) is 65.4 Å². The number of ether oxygens (including phenoxy) is 4. The van der Waals surface area contributed by atoms with Crippen molar-refractivity contribution in [1.29, 1.82) is 0 Å². The molecule has 0 aromatic carbocycles. The number of carbonyl (C=O) groups is 4. The van der Waals surface area contributed by atoms with Crippen LogP contribution in [0.2, 0.25) is 0 Å². The van der Waals surface area contributed by atoms with E-state index in [0.29, 0.717) is 25.7 Å². The second-order valence-corrected chi connectivity index (χ2v) is 27.9. The first kappa shape index (κ1) is 85.1. The number of aliphatic hydroxyl groups excluding tert-OH is 1. The molecule has 0 aliphatic heterocycles. The van der Waals surface area contributed by atoms with E-state index in [0.717, 1.165) is 102 Å². The molecule has 5 atom stereocenters. The lowest BCUT2D eigenvalue weighted by Gasteiger charge is -2.21. The molecule has 0 saturated carbocycles. The molecule has 0 heterocycles. The van der Waals surface area contributed by atoms with Gasteiger partial charge in [0.1, 0.15) is 19.3 Å². The van der Waals surface area contributed by atoms with Crippen molar-refractivity contribution >= 4 is 39.5 Å². The maximum Gasteiger partial charge on any atom is 0.472 e. The Kier molecular flexibility index (Phi) is 60.2. The second kappa shape index (κ2) is 61.6. The molecule has 0 amide bonds. The number of hydrogen-bond acceptors (Lipinski definition) is 15. The zero-order valence-corrected chi connectivity index (χ0v) is 57.9. The molecule has 0 aromatic heterocycles. The third-order valence-electron chi connectivity index (χ3n) is 15.8. The number of phosphoric ester groups is 2. The molecule has 0 radical (unpaired) electrons. The van der Waals surface area contributed by atoms with E-state index in [9.17, 15) is 43.2 Å². The van der Waals surface area contributed by atoms with Gasteiger partial charge in [-0.1, -0.05) is 298 Å². The highest BCUT2D eigenvalue weighted by molar-refractivity contribution is 7.47. The third kappa shape index (κ3) is 62.6. The molecule has 0 saturated heterocycles. The van der Waals surface area contributed by atoms with Crippen LogP contribution >= 0.6 is 15.6 Å². The normalized spacial score (nSPS) is 14.1. The minimum atomic E-state index is -4.95. The Bertz CT molecular complexity index is 1690. The molecule has 0 aromatic rings. The lowest BCUT2D eigenvalue weighted by Crippen LogP contribution is -2.30. The van der Waals surface area contributed by atoms with Crippen molar-refractivity contribution in [3.05, 3.63) is 0 Å². The van der Waals surface area contributed by atoms with Gasteiger partial charge in [-0.2, -0.15) is 0 Å². The van der Waals surface area contributed by atoms with E-state index in [4.69, 9.17) is 37.0 Å². The van der Waals surface area contributed by atoms with Crippen LogP contribution in [-0.4, -0.2) is 96.7 Å². The molecule has 0 spiro atoms. The maximum absolute atomic E-state index is 13.0. The van der Waals surface area contributed by atoms with Gasteiger partial charge in [0.25, 0.3) is 0 Å². The molecule has 0 fully saturated rings. The van der Waals surface area contributed by atoms with Crippen LogP contribution in [0.15, 0.2) is 0 Å². The lowest BCUT2D eigenvalue weighted by molar-refractivity contribution is -0.161. The van der Waals surface area contributed by atoms with Crippen molar-refractivity contribution in [3.8, 4) is 0 Å². The summed E-state index contributed by atoms with van der Waals surface area (Å²) in [6.45, 7) is 7.17. The molecule has 0 bridgehead atoms. The average molecular weight is 1280 g/mol. The van der Waals surface area contributed by atoms with Crippen molar-refractivity contribution in [2.75, 3.05) is 39.6 Å². The summed E-state index contributed by atoms with van der Waals surface area (Å²) in [4.78, 5) is 72.4. The van der Waals surface area contributed by atoms with E-state index >= 15 is 0 Å². The number of unbranched alkanes of at least 4 members (excludes halogenated alkanes) is 40. The van der Waals surface area contributed by atoms with Gasteiger partial charge in [0.15, 0.2) is 12.2 Å². The number of phosphoric acid groups is 2. The van der Waals surface area contributed by atoms with Gasteiger partial charge in [0, 0.05) is 25.7 Å². The summed E-state index contributed by atoms with van der Waals surface area (Å²) in [7, 11) is -9.89. The van der Waals surface area contributed by atoms with Gasteiger partial charge in [-0.3, -0.25) is 37.3 Å². The number of aliphatic hydroxyl groups is 1. The van der Waals surface area contributed by atoms with Crippen molar-refractivity contribution in [2.24, 2.45) is 5.92 Å². The highest BCUT2D eigenvalue weighted by atomic mass is 31.2. The fraction of sp³-hybridized carbons (Fsp3) is 0.941. The van der Waals surface area contributed by atoms with Gasteiger partial charge < -0.3 is 33.8 Å². The molecule has 0 rings (SSSR count). The number of rotatable bonds is 68. The summed E-state index contributed by atoms with van der Waals surface area (Å²) < 4.78 is 68.1. The molecule has 3 N–H and O–H groups in total. The SMILES string of the molecule is CCCCCCCCCCCCCCCCCC(=O)O[C@H](COC(=O)CCCCCCCCCCCCCCC)COP(=O)(O)OC[C@@H](O)COP(=O)(O)OC[C@@H](COC(=O)CCCCCCCCCC)OC(=O)CCCCCCCCCCC(C)C. The van der Waals surface area contributed by atoms with Gasteiger partial charge in [0.2, 0.25) is 0 Å². The fourth-order valence-corrected chi connectivity index (χ4v) is 11.9. The maximum atomic E-state index is 13.0. The zero-order valence-electron chi connectivity index (χ0n) is 56.2.